The van der Waals surface area contributed by atoms with E-state index in [1.807, 2.05) is 32.0 Å². The van der Waals surface area contributed by atoms with Crippen molar-refractivity contribution in [3.05, 3.63) is 59.2 Å². The Morgan fingerprint density at radius 1 is 1.11 bits per heavy atom. The van der Waals surface area contributed by atoms with Crippen molar-refractivity contribution >= 4 is 18.0 Å². The molecule has 7 heteroatoms. The van der Waals surface area contributed by atoms with Crippen LogP contribution in [0.5, 0.6) is 17.2 Å². The molecule has 0 spiro atoms. The van der Waals surface area contributed by atoms with Gasteiger partial charge in [0.15, 0.2) is 11.5 Å². The lowest BCUT2D eigenvalue weighted by Crippen LogP contribution is -2.30. The summed E-state index contributed by atoms with van der Waals surface area (Å²) < 4.78 is 16.6. The maximum atomic E-state index is 12.3. The molecule has 0 saturated heterocycles. The van der Waals surface area contributed by atoms with E-state index in [0.29, 0.717) is 24.3 Å². The topological polar surface area (TPSA) is 97.7 Å². The summed E-state index contributed by atoms with van der Waals surface area (Å²) in [7, 11) is 1.46. The largest absolute Gasteiger partial charge is 0.494 e. The van der Waals surface area contributed by atoms with Gasteiger partial charge < -0.3 is 19.5 Å². The molecule has 0 heterocycles. The summed E-state index contributed by atoms with van der Waals surface area (Å²) in [6.07, 6.45) is 3.19. The summed E-state index contributed by atoms with van der Waals surface area (Å²) in [5, 5.41) is 12.0. The number of nitriles is 1. The van der Waals surface area contributed by atoms with Gasteiger partial charge in [-0.15, -0.1) is 0 Å². The van der Waals surface area contributed by atoms with Crippen LogP contribution < -0.4 is 19.5 Å². The van der Waals surface area contributed by atoms with E-state index in [1.54, 1.807) is 18.2 Å². The van der Waals surface area contributed by atoms with Crippen LogP contribution in [0.25, 0.3) is 6.08 Å². The Morgan fingerprint density at radius 3 is 2.39 bits per heavy atom. The molecule has 0 aliphatic rings. The first-order valence-electron chi connectivity index (χ1n) is 12.1. The van der Waals surface area contributed by atoms with Gasteiger partial charge in [0.05, 0.1) is 13.7 Å². The van der Waals surface area contributed by atoms with Gasteiger partial charge in [-0.2, -0.15) is 5.26 Å². The molecule has 2 aromatic rings. The second-order valence-electron chi connectivity index (χ2n) is 9.40. The van der Waals surface area contributed by atoms with Crippen LogP contribution in [0.2, 0.25) is 0 Å². The van der Waals surface area contributed by atoms with Crippen LogP contribution in [0.15, 0.2) is 48.0 Å². The number of hydrogen-bond acceptors (Lipinski definition) is 6. The van der Waals surface area contributed by atoms with Crippen molar-refractivity contribution < 1.29 is 23.8 Å². The Hall–Kier alpha value is -3.79. The molecule has 0 fully saturated rings. The lowest BCUT2D eigenvalue weighted by Gasteiger charge is -2.23. The minimum absolute atomic E-state index is 0.0285. The Kier molecular flexibility index (Phi) is 10.5. The van der Waals surface area contributed by atoms with Crippen molar-refractivity contribution in [1.29, 1.82) is 5.26 Å². The smallest absolute Gasteiger partial charge is 0.311 e. The van der Waals surface area contributed by atoms with Crippen LogP contribution in [0, 0.1) is 11.3 Å². The van der Waals surface area contributed by atoms with E-state index in [4.69, 9.17) is 14.2 Å². The quantitative estimate of drug-likeness (QED) is 0.137. The van der Waals surface area contributed by atoms with E-state index in [0.717, 1.165) is 12.2 Å². The number of nitrogens with one attached hydrogen (secondary N) is 1. The summed E-state index contributed by atoms with van der Waals surface area (Å²) in [4.78, 5) is 24.5. The predicted molar refractivity (Wildman–Crippen MR) is 140 cm³/mol. The van der Waals surface area contributed by atoms with E-state index in [9.17, 15) is 14.9 Å². The molecule has 36 heavy (non-hydrogen) atoms. The molecule has 0 bridgehead atoms. The van der Waals surface area contributed by atoms with Crippen LogP contribution in [0.1, 0.15) is 65.0 Å². The van der Waals surface area contributed by atoms with E-state index >= 15 is 0 Å². The van der Waals surface area contributed by atoms with Gasteiger partial charge in [-0.25, -0.2) is 0 Å². The average molecular weight is 493 g/mol. The molecule has 2 aromatic carbocycles. The van der Waals surface area contributed by atoms with E-state index in [-0.39, 0.29) is 29.2 Å². The van der Waals surface area contributed by atoms with Crippen molar-refractivity contribution in [3.63, 3.8) is 0 Å². The van der Waals surface area contributed by atoms with Gasteiger partial charge in [0.1, 0.15) is 17.4 Å². The fraction of sp³-hybridized carbons (Fsp3) is 0.414. The van der Waals surface area contributed by atoms with Gasteiger partial charge in [0.2, 0.25) is 0 Å². The molecule has 0 aliphatic carbocycles. The average Bonchev–Trinajstić information content (AvgIpc) is 2.85. The molecule has 192 valence electrons. The number of methoxy groups -OCH3 is 1. The number of nitrogens with zero attached hydrogens (tertiary/aromatic N) is 1. The van der Waals surface area contributed by atoms with Crippen molar-refractivity contribution in [2.24, 2.45) is 0 Å². The summed E-state index contributed by atoms with van der Waals surface area (Å²) in [5.74, 6) is 0.493. The van der Waals surface area contributed by atoms with Gasteiger partial charge in [0.25, 0.3) is 5.91 Å². The number of carbonyl (C=O) groups excluding carboxylic acids is 2. The Balaban J connectivity index is 1.91. The molecule has 2 rings (SSSR count). The number of benzene rings is 2. The van der Waals surface area contributed by atoms with Crippen LogP contribution >= 0.6 is 0 Å². The fourth-order valence-electron chi connectivity index (χ4n) is 3.30. The highest BCUT2D eigenvalue weighted by Crippen LogP contribution is 2.30. The second-order valence-corrected chi connectivity index (χ2v) is 9.40. The van der Waals surface area contributed by atoms with Crippen molar-refractivity contribution in [1.82, 2.24) is 5.32 Å². The molecule has 0 unspecified atom stereocenters. The Labute approximate surface area is 214 Å². The maximum Gasteiger partial charge on any atom is 0.311 e. The monoisotopic (exact) mass is 492 g/mol. The minimum atomic E-state index is -0.454. The first-order chi connectivity index (χ1) is 17.1. The molecule has 0 saturated carbocycles. The number of amides is 1. The van der Waals surface area contributed by atoms with Crippen molar-refractivity contribution in [2.75, 3.05) is 13.7 Å². The molecule has 0 radical (unpaired) electrons. The van der Waals surface area contributed by atoms with Crippen molar-refractivity contribution in [2.45, 2.75) is 65.3 Å². The lowest BCUT2D eigenvalue weighted by atomic mass is 9.82. The second kappa shape index (κ2) is 13.3. The van der Waals surface area contributed by atoms with E-state index in [2.05, 4.69) is 38.2 Å². The SMILES string of the molecule is CCC(C)(C)c1ccc(OCCCC(=O)Oc2ccc(/C=C(\C#N)C(=O)NC(C)C)cc2OC)cc1. The fourth-order valence-corrected chi connectivity index (χ4v) is 3.30. The summed E-state index contributed by atoms with van der Waals surface area (Å²) in [6, 6.07) is 14.7. The molecular weight excluding hydrogens is 456 g/mol. The molecular formula is C29H36N2O5. The first kappa shape index (κ1) is 28.4. The zero-order valence-electron chi connectivity index (χ0n) is 22.0. The van der Waals surface area contributed by atoms with E-state index in [1.165, 1.54) is 18.7 Å². The zero-order valence-corrected chi connectivity index (χ0v) is 22.0. The highest BCUT2D eigenvalue weighted by molar-refractivity contribution is 6.01. The van der Waals surface area contributed by atoms with Crippen LogP contribution in [0.4, 0.5) is 0 Å². The maximum absolute atomic E-state index is 12.3. The van der Waals surface area contributed by atoms with Crippen molar-refractivity contribution in [3.8, 4) is 23.3 Å². The minimum Gasteiger partial charge on any atom is -0.494 e. The third-order valence-electron chi connectivity index (χ3n) is 5.82. The number of ether oxygens (including phenoxy) is 3. The summed E-state index contributed by atoms with van der Waals surface area (Å²) in [6.45, 7) is 10.6. The molecule has 1 amide bonds. The Morgan fingerprint density at radius 2 is 1.81 bits per heavy atom. The summed E-state index contributed by atoms with van der Waals surface area (Å²) >= 11 is 0. The van der Waals surface area contributed by atoms with E-state index < -0.39 is 11.9 Å². The number of carbonyl (C=O) groups is 2. The van der Waals surface area contributed by atoms with Crippen LogP contribution in [-0.4, -0.2) is 31.6 Å². The molecule has 7 nitrogen and oxygen atoms in total. The van der Waals surface area contributed by atoms with Gasteiger partial charge in [0, 0.05) is 12.5 Å². The van der Waals surface area contributed by atoms with Crippen LogP contribution in [-0.2, 0) is 15.0 Å². The predicted octanol–water partition coefficient (Wildman–Crippen LogP) is 5.58. The van der Waals surface area contributed by atoms with Crippen LogP contribution in [0.3, 0.4) is 0 Å². The summed E-state index contributed by atoms with van der Waals surface area (Å²) in [5.41, 5.74) is 1.93. The number of hydrogen-bond donors (Lipinski definition) is 1. The number of rotatable bonds is 12. The lowest BCUT2D eigenvalue weighted by molar-refractivity contribution is -0.134. The molecule has 0 aliphatic heterocycles. The highest BCUT2D eigenvalue weighted by atomic mass is 16.6. The van der Waals surface area contributed by atoms with Gasteiger partial charge >= 0.3 is 5.97 Å². The van der Waals surface area contributed by atoms with Gasteiger partial charge in [-0.3, -0.25) is 9.59 Å². The normalized spacial score (nSPS) is 11.6. The Bertz CT molecular complexity index is 1110. The van der Waals surface area contributed by atoms with Gasteiger partial charge in [-0.1, -0.05) is 39.0 Å². The third kappa shape index (κ3) is 8.46. The zero-order chi connectivity index (χ0) is 26.7. The molecule has 1 N–H and O–H groups in total. The molecule has 0 atom stereocenters. The highest BCUT2D eigenvalue weighted by Gasteiger charge is 2.17. The number of esters is 1. The standard InChI is InChI=1S/C29H36N2O5/c1-7-29(4,5)23-11-13-24(14-12-23)35-16-8-9-27(32)36-25-15-10-21(18-26(25)34-6)17-22(19-30)28(33)31-20(2)3/h10-15,17-18,20H,7-9,16H2,1-6H3,(H,31,33)/b22-17+. The first-order valence-corrected chi connectivity index (χ1v) is 12.1. The van der Waals surface area contributed by atoms with Gasteiger partial charge in [-0.05, 0) is 73.6 Å². The third-order valence-corrected chi connectivity index (χ3v) is 5.82. The molecule has 0 aromatic heterocycles.